The molecule has 4 N–H and O–H groups in total. The summed E-state index contributed by atoms with van der Waals surface area (Å²) in [5.74, 6) is 0. The van der Waals surface area contributed by atoms with E-state index in [4.69, 9.17) is 5.73 Å². The number of rotatable bonds is 4. The van der Waals surface area contributed by atoms with Crippen molar-refractivity contribution in [1.82, 2.24) is 4.72 Å². The Morgan fingerprint density at radius 1 is 1.00 bits per heavy atom. The van der Waals surface area contributed by atoms with E-state index in [9.17, 15) is 8.42 Å². The molecular weight excluding hydrogens is 286 g/mol. The van der Waals surface area contributed by atoms with Gasteiger partial charge in [-0.25, -0.2) is 13.1 Å². The minimum atomic E-state index is -3.48. The van der Waals surface area contributed by atoms with Crippen molar-refractivity contribution in [3.8, 4) is 0 Å². The Kier molecular flexibility index (Phi) is 4.20. The van der Waals surface area contributed by atoms with Gasteiger partial charge in [0, 0.05) is 5.69 Å². The number of sulfonamides is 1. The highest BCUT2D eigenvalue weighted by molar-refractivity contribution is 7.89. The second-order valence-electron chi connectivity index (χ2n) is 4.90. The van der Waals surface area contributed by atoms with E-state index < -0.39 is 10.0 Å². The zero-order valence-electron chi connectivity index (χ0n) is 12.3. The summed E-state index contributed by atoms with van der Waals surface area (Å²) in [4.78, 5) is 0.147. The van der Waals surface area contributed by atoms with Crippen LogP contribution in [-0.2, 0) is 10.0 Å². The van der Waals surface area contributed by atoms with E-state index in [0.29, 0.717) is 11.4 Å². The van der Waals surface area contributed by atoms with E-state index in [-0.39, 0.29) is 4.90 Å². The lowest BCUT2D eigenvalue weighted by Gasteiger charge is -2.13. The fourth-order valence-electron chi connectivity index (χ4n) is 2.04. The smallest absolute Gasteiger partial charge is 0.240 e. The Balaban J connectivity index is 2.34. The number of anilines is 3. The van der Waals surface area contributed by atoms with E-state index in [1.54, 1.807) is 6.07 Å². The van der Waals surface area contributed by atoms with Crippen LogP contribution in [0.15, 0.2) is 41.3 Å². The molecule has 6 heteroatoms. The van der Waals surface area contributed by atoms with Gasteiger partial charge in [0.2, 0.25) is 10.0 Å². The van der Waals surface area contributed by atoms with Crippen LogP contribution in [0.3, 0.4) is 0 Å². The first kappa shape index (κ1) is 15.3. The molecule has 0 atom stereocenters. The number of nitrogens with two attached hydrogens (primary N) is 1. The quantitative estimate of drug-likeness (QED) is 0.758. The molecule has 0 fully saturated rings. The Bertz CT molecular complexity index is 770. The second-order valence-corrected chi connectivity index (χ2v) is 6.79. The number of nitrogen functional groups attached to an aromatic ring is 1. The topological polar surface area (TPSA) is 84.2 Å². The monoisotopic (exact) mass is 305 g/mol. The minimum Gasteiger partial charge on any atom is -0.397 e. The van der Waals surface area contributed by atoms with Crippen LogP contribution in [-0.4, -0.2) is 15.5 Å². The number of hydrogen-bond donors (Lipinski definition) is 3. The van der Waals surface area contributed by atoms with Crippen molar-refractivity contribution < 1.29 is 8.42 Å². The van der Waals surface area contributed by atoms with Gasteiger partial charge in [-0.1, -0.05) is 17.7 Å². The van der Waals surface area contributed by atoms with Gasteiger partial charge < -0.3 is 11.1 Å². The first-order valence-corrected chi connectivity index (χ1v) is 7.99. The molecule has 0 aliphatic carbocycles. The summed E-state index contributed by atoms with van der Waals surface area (Å²) in [5, 5.41) is 3.22. The number of aryl methyl sites for hydroxylation is 2. The van der Waals surface area contributed by atoms with Crippen LogP contribution in [0.1, 0.15) is 11.1 Å². The maximum absolute atomic E-state index is 11.7. The standard InChI is InChI=1S/C15H19N3O2S/c1-10-4-6-14(11(2)8-10)18-15-7-5-12(9-13(15)16)21(19,20)17-3/h4-9,17-18H,16H2,1-3H3. The Morgan fingerprint density at radius 3 is 2.24 bits per heavy atom. The summed E-state index contributed by atoms with van der Waals surface area (Å²) < 4.78 is 25.7. The Labute approximate surface area is 125 Å². The van der Waals surface area contributed by atoms with Crippen LogP contribution in [0.5, 0.6) is 0 Å². The highest BCUT2D eigenvalue weighted by atomic mass is 32.2. The lowest BCUT2D eigenvalue weighted by atomic mass is 10.1. The van der Waals surface area contributed by atoms with E-state index in [2.05, 4.69) is 16.1 Å². The highest BCUT2D eigenvalue weighted by Gasteiger charge is 2.13. The van der Waals surface area contributed by atoms with Gasteiger partial charge in [-0.15, -0.1) is 0 Å². The minimum absolute atomic E-state index is 0.147. The highest BCUT2D eigenvalue weighted by Crippen LogP contribution is 2.27. The zero-order chi connectivity index (χ0) is 15.6. The third-order valence-corrected chi connectivity index (χ3v) is 4.67. The predicted molar refractivity (Wildman–Crippen MR) is 86.3 cm³/mol. The molecule has 0 saturated heterocycles. The van der Waals surface area contributed by atoms with Crippen molar-refractivity contribution in [3.05, 3.63) is 47.5 Å². The summed E-state index contributed by atoms with van der Waals surface area (Å²) in [5.41, 5.74) is 10.2. The number of nitrogens with one attached hydrogen (secondary N) is 2. The van der Waals surface area contributed by atoms with Crippen LogP contribution < -0.4 is 15.8 Å². The van der Waals surface area contributed by atoms with Gasteiger partial charge in [-0.2, -0.15) is 0 Å². The molecule has 0 aliphatic heterocycles. The van der Waals surface area contributed by atoms with Crippen LogP contribution in [0.25, 0.3) is 0 Å². The molecule has 2 aromatic rings. The van der Waals surface area contributed by atoms with Crippen molar-refractivity contribution >= 4 is 27.1 Å². The molecule has 0 aromatic heterocycles. The number of hydrogen-bond acceptors (Lipinski definition) is 4. The summed E-state index contributed by atoms with van der Waals surface area (Å²) in [6, 6.07) is 10.7. The third kappa shape index (κ3) is 3.34. The molecule has 0 heterocycles. The van der Waals surface area contributed by atoms with Crippen LogP contribution in [0, 0.1) is 13.8 Å². The van der Waals surface area contributed by atoms with Gasteiger partial charge in [0.05, 0.1) is 16.3 Å². The molecule has 0 saturated carbocycles. The van der Waals surface area contributed by atoms with Gasteiger partial charge in [0.1, 0.15) is 0 Å². The molecule has 0 amide bonds. The molecule has 0 radical (unpaired) electrons. The predicted octanol–water partition coefficient (Wildman–Crippen LogP) is 2.54. The molecule has 112 valence electrons. The van der Waals surface area contributed by atoms with Crippen LogP contribution in [0.2, 0.25) is 0 Å². The average Bonchev–Trinajstić information content (AvgIpc) is 2.43. The largest absolute Gasteiger partial charge is 0.397 e. The molecular formula is C15H19N3O2S. The maximum atomic E-state index is 11.7. The van der Waals surface area contributed by atoms with E-state index >= 15 is 0 Å². The lowest BCUT2D eigenvalue weighted by Crippen LogP contribution is -2.18. The van der Waals surface area contributed by atoms with Crippen LogP contribution >= 0.6 is 0 Å². The molecule has 21 heavy (non-hydrogen) atoms. The normalized spacial score (nSPS) is 11.4. The Hall–Kier alpha value is -2.05. The van der Waals surface area contributed by atoms with Gasteiger partial charge in [-0.05, 0) is 50.7 Å². The average molecular weight is 305 g/mol. The van der Waals surface area contributed by atoms with Crippen molar-refractivity contribution in [2.24, 2.45) is 0 Å². The fraction of sp³-hybridized carbons (Fsp3) is 0.200. The fourth-order valence-corrected chi connectivity index (χ4v) is 2.80. The first-order chi connectivity index (χ1) is 9.83. The van der Waals surface area contributed by atoms with Crippen LogP contribution in [0.4, 0.5) is 17.1 Å². The molecule has 0 unspecified atom stereocenters. The van der Waals surface area contributed by atoms with Crippen molar-refractivity contribution in [2.45, 2.75) is 18.7 Å². The van der Waals surface area contributed by atoms with Gasteiger partial charge >= 0.3 is 0 Å². The molecule has 2 aromatic carbocycles. The van der Waals surface area contributed by atoms with E-state index in [0.717, 1.165) is 11.3 Å². The van der Waals surface area contributed by atoms with Crippen molar-refractivity contribution in [2.75, 3.05) is 18.1 Å². The Morgan fingerprint density at radius 2 is 1.67 bits per heavy atom. The summed E-state index contributed by atoms with van der Waals surface area (Å²) in [6.07, 6.45) is 0. The molecule has 0 spiro atoms. The second kappa shape index (κ2) is 5.75. The lowest BCUT2D eigenvalue weighted by molar-refractivity contribution is 0.588. The van der Waals surface area contributed by atoms with Crippen molar-refractivity contribution in [3.63, 3.8) is 0 Å². The summed E-state index contributed by atoms with van der Waals surface area (Å²) in [7, 11) is -2.11. The SMILES string of the molecule is CNS(=O)(=O)c1ccc(Nc2ccc(C)cc2C)c(N)c1. The van der Waals surface area contributed by atoms with E-state index in [1.807, 2.05) is 26.0 Å². The molecule has 5 nitrogen and oxygen atoms in total. The molecule has 0 aliphatic rings. The zero-order valence-corrected chi connectivity index (χ0v) is 13.1. The maximum Gasteiger partial charge on any atom is 0.240 e. The third-order valence-electron chi connectivity index (χ3n) is 3.25. The van der Waals surface area contributed by atoms with Gasteiger partial charge in [0.25, 0.3) is 0 Å². The van der Waals surface area contributed by atoms with Gasteiger partial charge in [0.15, 0.2) is 0 Å². The summed E-state index contributed by atoms with van der Waals surface area (Å²) >= 11 is 0. The number of benzene rings is 2. The molecule has 2 rings (SSSR count). The first-order valence-electron chi connectivity index (χ1n) is 6.51. The van der Waals surface area contributed by atoms with Crippen molar-refractivity contribution in [1.29, 1.82) is 0 Å². The van der Waals surface area contributed by atoms with Gasteiger partial charge in [-0.3, -0.25) is 0 Å². The molecule has 0 bridgehead atoms. The van der Waals surface area contributed by atoms with E-state index in [1.165, 1.54) is 24.7 Å². The summed E-state index contributed by atoms with van der Waals surface area (Å²) in [6.45, 7) is 4.04.